The number of hydrogen-bond donors (Lipinski definition) is 1. The molecule has 1 N–H and O–H groups in total. The minimum atomic E-state index is -0.966. The Morgan fingerprint density at radius 3 is 2.21 bits per heavy atom. The molecule has 3 aromatic rings. The topological polar surface area (TPSA) is 127 Å². The number of amides is 5. The van der Waals surface area contributed by atoms with Gasteiger partial charge in [-0.15, -0.1) is 0 Å². The second kappa shape index (κ2) is 15.1. The minimum absolute atomic E-state index is 0.00591. The second-order valence-corrected chi connectivity index (χ2v) is 16.6. The molecule has 14 heteroatoms. The number of piperidine rings is 2. The number of carbonyl (C=O) groups excluding carboxylic acids is 5. The van der Waals surface area contributed by atoms with E-state index >= 15 is 0 Å². The van der Waals surface area contributed by atoms with Gasteiger partial charge >= 0.3 is 0 Å². The summed E-state index contributed by atoms with van der Waals surface area (Å²) in [6, 6.07) is 17.9. The summed E-state index contributed by atoms with van der Waals surface area (Å²) in [5.41, 5.74) is 3.77. The van der Waals surface area contributed by atoms with Gasteiger partial charge < -0.3 is 19.4 Å². The van der Waals surface area contributed by atoms with Gasteiger partial charge in [0, 0.05) is 87.6 Å². The van der Waals surface area contributed by atoms with Gasteiger partial charge in [0.05, 0.1) is 22.7 Å². The number of anilines is 2. The number of piperazine rings is 1. The van der Waals surface area contributed by atoms with Crippen molar-refractivity contribution in [3.05, 3.63) is 93.8 Å². The van der Waals surface area contributed by atoms with Gasteiger partial charge in [-0.05, 0) is 92.7 Å². The zero-order valence-corrected chi connectivity index (χ0v) is 32.3. The van der Waals surface area contributed by atoms with Gasteiger partial charge in [0.1, 0.15) is 17.9 Å². The molecule has 0 saturated carbocycles. The number of nitrogens with zero attached hydrogens (tertiary/aromatic N) is 6. The van der Waals surface area contributed by atoms with Gasteiger partial charge in [0.15, 0.2) is 0 Å². The number of rotatable bonds is 9. The summed E-state index contributed by atoms with van der Waals surface area (Å²) >= 11 is 6.23. The summed E-state index contributed by atoms with van der Waals surface area (Å²) in [6.07, 6.45) is 4.83. The van der Waals surface area contributed by atoms with Gasteiger partial charge in [-0.2, -0.15) is 0 Å². The fraction of sp³-hybridized carbons (Fsp3) is 0.442. The number of halogens is 1. The molecular formula is C43H44ClN7O6. The molecule has 9 rings (SSSR count). The lowest BCUT2D eigenvalue weighted by Gasteiger charge is -2.43. The SMILES string of the molecule is [C-]#[N+]c1ccc(OC2CC3CCC(C2)N3C(=O)c2ccc(N3CCN(CCC4CN(c5ccc6c(c5)C(=O)N(C5CCC(=O)NC5=O)C6=O)C4)CC3)cc2)cc1Cl. The molecule has 5 fully saturated rings. The van der Waals surface area contributed by atoms with Crippen LogP contribution in [-0.2, 0) is 9.59 Å². The highest BCUT2D eigenvalue weighted by atomic mass is 35.5. The van der Waals surface area contributed by atoms with E-state index in [0.29, 0.717) is 33.5 Å². The number of ether oxygens (including phenoxy) is 1. The molecule has 6 aliphatic heterocycles. The van der Waals surface area contributed by atoms with Crippen molar-refractivity contribution in [1.82, 2.24) is 20.0 Å². The molecule has 5 amide bonds. The lowest BCUT2D eigenvalue weighted by molar-refractivity contribution is -0.136. The Labute approximate surface area is 336 Å². The van der Waals surface area contributed by atoms with E-state index in [4.69, 9.17) is 22.9 Å². The van der Waals surface area contributed by atoms with Gasteiger partial charge in [-0.1, -0.05) is 17.7 Å². The fourth-order valence-corrected chi connectivity index (χ4v) is 9.79. The predicted octanol–water partition coefficient (Wildman–Crippen LogP) is 5.16. The molecule has 0 aliphatic carbocycles. The van der Waals surface area contributed by atoms with Crippen LogP contribution in [-0.4, -0.2) is 114 Å². The lowest BCUT2D eigenvalue weighted by Crippen LogP contribution is -2.54. The maximum absolute atomic E-state index is 13.8. The molecule has 3 aromatic carbocycles. The van der Waals surface area contributed by atoms with Crippen molar-refractivity contribution in [1.29, 1.82) is 0 Å². The smallest absolute Gasteiger partial charge is 0.262 e. The summed E-state index contributed by atoms with van der Waals surface area (Å²) in [7, 11) is 0. The van der Waals surface area contributed by atoms with E-state index in [1.165, 1.54) is 0 Å². The van der Waals surface area contributed by atoms with Gasteiger partial charge in [-0.3, -0.25) is 39.1 Å². The summed E-state index contributed by atoms with van der Waals surface area (Å²) in [4.78, 5) is 77.7. The molecule has 0 spiro atoms. The van der Waals surface area contributed by atoms with Gasteiger partial charge in [0.25, 0.3) is 17.7 Å². The predicted molar refractivity (Wildman–Crippen MR) is 213 cm³/mol. The molecule has 57 heavy (non-hydrogen) atoms. The van der Waals surface area contributed by atoms with Crippen molar-refractivity contribution in [2.45, 2.75) is 69.2 Å². The monoisotopic (exact) mass is 789 g/mol. The first-order valence-corrected chi connectivity index (χ1v) is 20.4. The summed E-state index contributed by atoms with van der Waals surface area (Å²) < 4.78 is 6.27. The lowest BCUT2D eigenvalue weighted by atomic mass is 9.94. The Bertz CT molecular complexity index is 2160. The van der Waals surface area contributed by atoms with E-state index in [2.05, 4.69) is 41.9 Å². The fourth-order valence-electron chi connectivity index (χ4n) is 9.58. The number of nitrogens with one attached hydrogen (secondary N) is 1. The van der Waals surface area contributed by atoms with Crippen molar-refractivity contribution >= 4 is 58.2 Å². The van der Waals surface area contributed by atoms with Gasteiger partial charge in [0.2, 0.25) is 17.5 Å². The molecule has 3 atom stereocenters. The number of benzene rings is 3. The molecule has 2 bridgehead atoms. The maximum atomic E-state index is 13.8. The first kappa shape index (κ1) is 37.1. The summed E-state index contributed by atoms with van der Waals surface area (Å²) in [5.74, 6) is -0.670. The highest BCUT2D eigenvalue weighted by Gasteiger charge is 2.46. The van der Waals surface area contributed by atoms with Crippen LogP contribution in [0, 0.1) is 12.5 Å². The number of imide groups is 2. The third-order valence-corrected chi connectivity index (χ3v) is 13.0. The van der Waals surface area contributed by atoms with E-state index in [1.54, 1.807) is 30.3 Å². The molecule has 5 saturated heterocycles. The highest BCUT2D eigenvalue weighted by molar-refractivity contribution is 6.33. The van der Waals surface area contributed by atoms with Gasteiger partial charge in [-0.25, -0.2) is 4.85 Å². The van der Waals surface area contributed by atoms with Crippen LogP contribution in [0.2, 0.25) is 5.02 Å². The molecule has 0 aromatic heterocycles. The number of fused-ring (bicyclic) bond motifs is 3. The Balaban J connectivity index is 0.715. The maximum Gasteiger partial charge on any atom is 0.262 e. The van der Waals surface area contributed by atoms with Crippen LogP contribution >= 0.6 is 11.6 Å². The van der Waals surface area contributed by atoms with E-state index in [0.717, 1.165) is 99.8 Å². The average molecular weight is 790 g/mol. The van der Waals surface area contributed by atoms with Crippen LogP contribution in [0.1, 0.15) is 76.0 Å². The molecule has 6 aliphatic rings. The van der Waals surface area contributed by atoms with Crippen molar-refractivity contribution in [2.75, 3.05) is 55.6 Å². The Morgan fingerprint density at radius 1 is 0.825 bits per heavy atom. The minimum Gasteiger partial charge on any atom is -0.490 e. The number of carbonyl (C=O) groups is 5. The van der Waals surface area contributed by atoms with E-state index in [-0.39, 0.29) is 42.8 Å². The average Bonchev–Trinajstić information content (AvgIpc) is 3.61. The summed E-state index contributed by atoms with van der Waals surface area (Å²) in [5, 5.41) is 2.63. The van der Waals surface area contributed by atoms with E-state index in [1.807, 2.05) is 18.2 Å². The van der Waals surface area contributed by atoms with Crippen LogP contribution < -0.4 is 19.9 Å². The van der Waals surface area contributed by atoms with Crippen molar-refractivity contribution < 1.29 is 28.7 Å². The molecule has 6 heterocycles. The zero-order chi connectivity index (χ0) is 39.4. The van der Waals surface area contributed by atoms with Crippen molar-refractivity contribution in [2.24, 2.45) is 5.92 Å². The van der Waals surface area contributed by atoms with Crippen molar-refractivity contribution in [3.63, 3.8) is 0 Å². The second-order valence-electron chi connectivity index (χ2n) is 16.1. The molecule has 0 radical (unpaired) electrons. The molecule has 3 unspecified atom stereocenters. The third-order valence-electron chi connectivity index (χ3n) is 12.7. The number of hydrogen-bond acceptors (Lipinski definition) is 9. The third kappa shape index (κ3) is 7.10. The van der Waals surface area contributed by atoms with Crippen LogP contribution in [0.25, 0.3) is 4.85 Å². The van der Waals surface area contributed by atoms with Crippen LogP contribution in [0.4, 0.5) is 17.1 Å². The summed E-state index contributed by atoms with van der Waals surface area (Å²) in [6.45, 7) is 13.8. The van der Waals surface area contributed by atoms with Crippen LogP contribution in [0.3, 0.4) is 0 Å². The largest absolute Gasteiger partial charge is 0.490 e. The van der Waals surface area contributed by atoms with Crippen LogP contribution in [0.15, 0.2) is 60.7 Å². The van der Waals surface area contributed by atoms with Crippen molar-refractivity contribution in [3.8, 4) is 5.75 Å². The zero-order valence-electron chi connectivity index (χ0n) is 31.6. The normalized spacial score (nSPS) is 25.0. The van der Waals surface area contributed by atoms with Crippen LogP contribution in [0.5, 0.6) is 5.75 Å². The molecular weight excluding hydrogens is 746 g/mol. The standard InChI is InChI=1S/C43H44ClN7O6/c1-45-37-11-9-32(23-36(37)44)57-33-20-30-6-7-31(21-33)50(30)41(54)27-2-4-28(5-3-27)48-18-16-47(17-19-48)15-14-26-24-49(25-26)29-8-10-34-35(22-29)43(56)51(42(34)55)38-12-13-39(52)46-40(38)53/h2-5,8-11,22-23,26,30-31,33,38H,6-7,12-21,24-25H2,(H,46,52,53). The highest BCUT2D eigenvalue weighted by Crippen LogP contribution is 2.40. The molecule has 13 nitrogen and oxygen atoms in total. The Morgan fingerprint density at radius 2 is 1.53 bits per heavy atom. The Kier molecular flexibility index (Phi) is 9.86. The Hall–Kier alpha value is -5.45. The quantitative estimate of drug-likeness (QED) is 0.231. The first-order chi connectivity index (χ1) is 27.6. The van der Waals surface area contributed by atoms with E-state index < -0.39 is 23.8 Å². The van der Waals surface area contributed by atoms with E-state index in [9.17, 15) is 24.0 Å². The first-order valence-electron chi connectivity index (χ1n) is 20.0. The molecule has 294 valence electrons.